The van der Waals surface area contributed by atoms with Crippen LogP contribution in [0.3, 0.4) is 0 Å². The van der Waals surface area contributed by atoms with Gasteiger partial charge in [-0.15, -0.1) is 11.3 Å². The maximum Gasteiger partial charge on any atom is 0.0547 e. The Balaban J connectivity index is 1.19. The van der Waals surface area contributed by atoms with Gasteiger partial charge in [0.25, 0.3) is 0 Å². The van der Waals surface area contributed by atoms with E-state index in [1.54, 1.807) is 0 Å². The SMILES string of the molecule is CC1(C)c2ccccc2-c2ccc(N(c3ccc4c(c3)C(C)(C)c3ccccc3-4)c3cc4c(cc3-c3ccccc3)sc3c5ccccc5c5ccccc5c43)cc21. The minimum Gasteiger partial charge on any atom is -0.310 e. The monoisotopic (exact) mass is 759 g/mol. The highest BCUT2D eigenvalue weighted by Gasteiger charge is 2.38. The molecule has 0 amide bonds. The molecule has 0 bridgehead atoms. The van der Waals surface area contributed by atoms with Crippen molar-refractivity contribution in [1.29, 1.82) is 0 Å². The van der Waals surface area contributed by atoms with Crippen molar-refractivity contribution < 1.29 is 0 Å². The van der Waals surface area contributed by atoms with Crippen molar-refractivity contribution in [2.24, 2.45) is 0 Å². The molecule has 0 fully saturated rings. The molecule has 1 heterocycles. The van der Waals surface area contributed by atoms with Crippen LogP contribution in [-0.4, -0.2) is 0 Å². The lowest BCUT2D eigenvalue weighted by molar-refractivity contribution is 0.660. The van der Waals surface area contributed by atoms with E-state index in [1.807, 2.05) is 11.3 Å². The zero-order valence-electron chi connectivity index (χ0n) is 33.1. The van der Waals surface area contributed by atoms with Gasteiger partial charge in [0.1, 0.15) is 0 Å². The van der Waals surface area contributed by atoms with Gasteiger partial charge in [0, 0.05) is 53.3 Å². The predicted molar refractivity (Wildman–Crippen MR) is 250 cm³/mol. The Labute approximate surface area is 343 Å². The maximum absolute atomic E-state index is 2.56. The molecule has 58 heavy (non-hydrogen) atoms. The van der Waals surface area contributed by atoms with E-state index in [9.17, 15) is 0 Å². The molecule has 2 aliphatic carbocycles. The van der Waals surface area contributed by atoms with Crippen molar-refractivity contribution >= 4 is 70.1 Å². The first-order chi connectivity index (χ1) is 28.3. The Bertz CT molecular complexity index is 3240. The molecule has 0 radical (unpaired) electrons. The van der Waals surface area contributed by atoms with Crippen LogP contribution in [0.5, 0.6) is 0 Å². The highest BCUT2D eigenvalue weighted by molar-refractivity contribution is 7.27. The standard InChI is InChI=1S/C56H41NS/c1-55(2)47-24-14-12-20-39(47)41-28-26-35(30-49(41)55)57(36-27-29-42-40-21-13-15-25-48(40)56(3,4)50(42)31-36)51-32-46-52(33-45(51)34-16-6-5-7-17-34)58-54-44-23-11-9-19-38(44)37-18-8-10-22-43(37)53(46)54/h5-33H,1-4H3. The summed E-state index contributed by atoms with van der Waals surface area (Å²) in [6, 6.07) is 66.3. The fourth-order valence-corrected chi connectivity index (χ4v) is 11.8. The van der Waals surface area contributed by atoms with E-state index in [0.29, 0.717) is 0 Å². The first-order valence-corrected chi connectivity index (χ1v) is 21.2. The zero-order valence-corrected chi connectivity index (χ0v) is 33.9. The summed E-state index contributed by atoms with van der Waals surface area (Å²) in [6.45, 7) is 9.54. The quantitative estimate of drug-likeness (QED) is 0.162. The van der Waals surface area contributed by atoms with Gasteiger partial charge in [0.15, 0.2) is 0 Å². The number of hydrogen-bond donors (Lipinski definition) is 0. The van der Waals surface area contributed by atoms with Gasteiger partial charge >= 0.3 is 0 Å². The van der Waals surface area contributed by atoms with E-state index in [1.165, 1.54) is 114 Å². The van der Waals surface area contributed by atoms with Crippen molar-refractivity contribution in [3.8, 4) is 33.4 Å². The fourth-order valence-electron chi connectivity index (χ4n) is 10.6. The molecule has 0 aliphatic heterocycles. The molecule has 2 aliphatic rings. The van der Waals surface area contributed by atoms with Crippen LogP contribution < -0.4 is 4.90 Å². The van der Waals surface area contributed by atoms with E-state index in [0.717, 1.165) is 0 Å². The molecule has 2 heteroatoms. The molecule has 0 spiro atoms. The summed E-state index contributed by atoms with van der Waals surface area (Å²) < 4.78 is 2.65. The first kappa shape index (κ1) is 33.6. The molecule has 0 N–H and O–H groups in total. The van der Waals surface area contributed by atoms with E-state index in [4.69, 9.17) is 0 Å². The van der Waals surface area contributed by atoms with Gasteiger partial charge in [0.2, 0.25) is 0 Å². The fraction of sp³-hybridized carbons (Fsp3) is 0.107. The zero-order chi connectivity index (χ0) is 38.9. The largest absolute Gasteiger partial charge is 0.310 e. The Morgan fingerprint density at radius 3 is 1.47 bits per heavy atom. The molecule has 1 aromatic heterocycles. The molecule has 0 saturated carbocycles. The second-order valence-electron chi connectivity index (χ2n) is 17.3. The van der Waals surface area contributed by atoms with Gasteiger partial charge in [-0.3, -0.25) is 0 Å². The summed E-state index contributed by atoms with van der Waals surface area (Å²) in [6.07, 6.45) is 0. The van der Waals surface area contributed by atoms with Crippen molar-refractivity contribution in [3.63, 3.8) is 0 Å². The van der Waals surface area contributed by atoms with Crippen LogP contribution in [0.15, 0.2) is 176 Å². The number of hydrogen-bond acceptors (Lipinski definition) is 2. The minimum absolute atomic E-state index is 0.134. The van der Waals surface area contributed by atoms with Crippen molar-refractivity contribution in [2.45, 2.75) is 38.5 Å². The Hall–Kier alpha value is -6.48. The minimum atomic E-state index is -0.134. The van der Waals surface area contributed by atoms with Crippen molar-refractivity contribution in [3.05, 3.63) is 198 Å². The molecular formula is C56H41NS. The number of fused-ring (bicyclic) bond motifs is 14. The number of thiophene rings is 1. The third-order valence-corrected chi connectivity index (χ3v) is 14.6. The second kappa shape index (κ2) is 12.0. The lowest BCUT2D eigenvalue weighted by Crippen LogP contribution is -2.18. The van der Waals surface area contributed by atoms with Gasteiger partial charge in [-0.05, 0) is 103 Å². The van der Waals surface area contributed by atoms with Crippen LogP contribution in [0.2, 0.25) is 0 Å². The van der Waals surface area contributed by atoms with Crippen LogP contribution in [-0.2, 0) is 10.8 Å². The second-order valence-corrected chi connectivity index (χ2v) is 18.3. The summed E-state index contributed by atoms with van der Waals surface area (Å²) in [7, 11) is 0. The van der Waals surface area contributed by atoms with Crippen LogP contribution in [0.25, 0.3) is 75.1 Å². The van der Waals surface area contributed by atoms with Crippen LogP contribution >= 0.6 is 11.3 Å². The summed E-state index contributed by atoms with van der Waals surface area (Å²) >= 11 is 1.93. The first-order valence-electron chi connectivity index (χ1n) is 20.4. The van der Waals surface area contributed by atoms with E-state index >= 15 is 0 Å². The maximum atomic E-state index is 2.56. The predicted octanol–water partition coefficient (Wildman–Crippen LogP) is 16.1. The van der Waals surface area contributed by atoms with Gasteiger partial charge < -0.3 is 4.90 Å². The number of anilines is 3. The van der Waals surface area contributed by atoms with Crippen molar-refractivity contribution in [2.75, 3.05) is 4.90 Å². The summed E-state index contributed by atoms with van der Waals surface area (Å²) in [4.78, 5) is 2.56. The van der Waals surface area contributed by atoms with Crippen LogP contribution in [0.4, 0.5) is 17.1 Å². The molecule has 0 unspecified atom stereocenters. The van der Waals surface area contributed by atoms with Gasteiger partial charge in [-0.1, -0.05) is 167 Å². The van der Waals surface area contributed by atoms with E-state index in [-0.39, 0.29) is 10.8 Å². The van der Waals surface area contributed by atoms with Crippen LogP contribution in [0, 0.1) is 0 Å². The third-order valence-electron chi connectivity index (χ3n) is 13.4. The molecule has 12 rings (SSSR count). The third kappa shape index (κ3) is 4.58. The van der Waals surface area contributed by atoms with Gasteiger partial charge in [-0.2, -0.15) is 0 Å². The molecule has 0 saturated heterocycles. The molecule has 10 aromatic rings. The Morgan fingerprint density at radius 1 is 0.379 bits per heavy atom. The number of rotatable bonds is 4. The Kier molecular flexibility index (Phi) is 6.97. The Morgan fingerprint density at radius 2 is 0.862 bits per heavy atom. The molecule has 9 aromatic carbocycles. The van der Waals surface area contributed by atoms with E-state index in [2.05, 4.69) is 209 Å². The molecule has 0 atom stereocenters. The van der Waals surface area contributed by atoms with Gasteiger partial charge in [-0.25, -0.2) is 0 Å². The summed E-state index contributed by atoms with van der Waals surface area (Å²) in [5.74, 6) is 0. The average Bonchev–Trinajstić information content (AvgIpc) is 3.84. The van der Waals surface area contributed by atoms with Crippen LogP contribution in [0.1, 0.15) is 49.9 Å². The van der Waals surface area contributed by atoms with Crippen molar-refractivity contribution in [1.82, 2.24) is 0 Å². The van der Waals surface area contributed by atoms with Gasteiger partial charge in [0.05, 0.1) is 5.69 Å². The van der Waals surface area contributed by atoms with E-state index < -0.39 is 0 Å². The lowest BCUT2D eigenvalue weighted by Gasteiger charge is -2.31. The lowest BCUT2D eigenvalue weighted by atomic mass is 9.82. The molecule has 276 valence electrons. The molecule has 1 nitrogen and oxygen atoms in total. The average molecular weight is 760 g/mol. The molecular weight excluding hydrogens is 719 g/mol. The normalized spacial score (nSPS) is 14.5. The number of benzene rings is 9. The summed E-state index contributed by atoms with van der Waals surface area (Å²) in [5, 5.41) is 7.87. The summed E-state index contributed by atoms with van der Waals surface area (Å²) in [5.41, 5.74) is 16.5. The highest BCUT2D eigenvalue weighted by atomic mass is 32.1. The highest BCUT2D eigenvalue weighted by Crippen LogP contribution is 2.55. The topological polar surface area (TPSA) is 3.24 Å². The smallest absolute Gasteiger partial charge is 0.0547 e. The number of nitrogens with zero attached hydrogens (tertiary/aromatic N) is 1.